The molecule has 37 heavy (non-hydrogen) atoms. The highest BCUT2D eigenvalue weighted by molar-refractivity contribution is 5.97. The Morgan fingerprint density at radius 3 is 2.27 bits per heavy atom. The van der Waals surface area contributed by atoms with Crippen LogP contribution in [0, 0.1) is 23.5 Å². The number of fused-ring (bicyclic) bond motifs is 1. The summed E-state index contributed by atoms with van der Waals surface area (Å²) in [5.74, 6) is -6.37. The number of nitrogens with zero attached hydrogens (tertiary/aromatic N) is 2. The molecule has 1 aliphatic carbocycles. The van der Waals surface area contributed by atoms with Crippen LogP contribution in [0.25, 0.3) is 0 Å². The maximum absolute atomic E-state index is 14.7. The summed E-state index contributed by atoms with van der Waals surface area (Å²) in [7, 11) is 0. The van der Waals surface area contributed by atoms with E-state index in [1.54, 1.807) is 0 Å². The summed E-state index contributed by atoms with van der Waals surface area (Å²) in [6, 6.07) is -2.11. The number of hydrogen-bond donors (Lipinski definition) is 1. The van der Waals surface area contributed by atoms with E-state index in [-0.39, 0.29) is 31.6 Å². The predicted molar refractivity (Wildman–Crippen MR) is 105 cm³/mol. The normalized spacial score (nSPS) is 24.4. The molecule has 0 radical (unpaired) electrons. The molecule has 1 aromatic heterocycles. The van der Waals surface area contributed by atoms with Gasteiger partial charge in [0.2, 0.25) is 11.7 Å². The molecule has 0 bridgehead atoms. The molecule has 4 atom stereocenters. The largest absolute Gasteiger partial charge is 0.436 e. The molecule has 200 valence electrons. The second-order valence-electron chi connectivity index (χ2n) is 9.24. The molecular formula is C22H17F8N3O4. The highest BCUT2D eigenvalue weighted by atomic mass is 19.4. The van der Waals surface area contributed by atoms with E-state index in [2.05, 4.69) is 15.0 Å². The van der Waals surface area contributed by atoms with Crippen LogP contribution in [0.5, 0.6) is 0 Å². The number of carbonyl (C=O) groups excluding carboxylic acids is 2. The lowest BCUT2D eigenvalue weighted by Gasteiger charge is -2.36. The number of halogens is 8. The molecular weight excluding hydrogens is 522 g/mol. The standard InChI is InChI=1S/C22H17F8N3O4/c23-12-4-11(21(25,26)27)13(24)3-10(12)18(9-6-36-7-9)31-19(34)15-2-8-1-14(8)33(15)20(35)16-5-17(32-37-16)22(28,29)30/h3-5,8-9,14-15,18H,1-2,6-7H2,(H,31,34)/t8-,14-,15-,18?/m1/s1. The van der Waals surface area contributed by atoms with Gasteiger partial charge in [0.05, 0.1) is 24.8 Å². The summed E-state index contributed by atoms with van der Waals surface area (Å²) >= 11 is 0. The average molecular weight is 539 g/mol. The number of amides is 2. The van der Waals surface area contributed by atoms with Crippen LogP contribution in [0.2, 0.25) is 0 Å². The number of carbonyl (C=O) groups is 2. The van der Waals surface area contributed by atoms with Crippen LogP contribution in [0.3, 0.4) is 0 Å². The molecule has 7 nitrogen and oxygen atoms in total. The molecule has 0 spiro atoms. The van der Waals surface area contributed by atoms with Crippen LogP contribution in [-0.2, 0) is 21.9 Å². The predicted octanol–water partition coefficient (Wildman–Crippen LogP) is 4.10. The Kier molecular flexibility index (Phi) is 5.96. The molecule has 15 heteroatoms. The van der Waals surface area contributed by atoms with Gasteiger partial charge in [-0.2, -0.15) is 26.3 Å². The van der Waals surface area contributed by atoms with Crippen LogP contribution in [0.4, 0.5) is 35.1 Å². The van der Waals surface area contributed by atoms with Crippen molar-refractivity contribution in [2.24, 2.45) is 11.8 Å². The maximum Gasteiger partial charge on any atom is 0.436 e. The second-order valence-corrected chi connectivity index (χ2v) is 9.24. The van der Waals surface area contributed by atoms with Gasteiger partial charge in [-0.25, -0.2) is 8.78 Å². The highest BCUT2D eigenvalue weighted by Crippen LogP contribution is 2.49. The lowest BCUT2D eigenvalue weighted by atomic mass is 9.89. The zero-order valence-corrected chi connectivity index (χ0v) is 18.5. The number of benzene rings is 1. The van der Waals surface area contributed by atoms with Crippen LogP contribution >= 0.6 is 0 Å². The van der Waals surface area contributed by atoms with Crippen LogP contribution in [0.1, 0.15) is 46.3 Å². The zero-order valence-electron chi connectivity index (χ0n) is 18.5. The third-order valence-corrected chi connectivity index (χ3v) is 6.81. The van der Waals surface area contributed by atoms with Crippen LogP contribution < -0.4 is 5.32 Å². The van der Waals surface area contributed by atoms with Crippen molar-refractivity contribution in [3.8, 4) is 0 Å². The third kappa shape index (κ3) is 4.64. The zero-order chi connectivity index (χ0) is 26.9. The minimum absolute atomic E-state index is 0.00384. The fourth-order valence-electron chi connectivity index (χ4n) is 4.78. The van der Waals surface area contributed by atoms with Gasteiger partial charge in [-0.1, -0.05) is 5.16 Å². The summed E-state index contributed by atoms with van der Waals surface area (Å²) in [5.41, 5.74) is -3.76. The Morgan fingerprint density at radius 1 is 1.00 bits per heavy atom. The van der Waals surface area contributed by atoms with Crippen molar-refractivity contribution in [2.75, 3.05) is 13.2 Å². The number of piperidine rings is 1. The van der Waals surface area contributed by atoms with Crippen molar-refractivity contribution >= 4 is 11.8 Å². The molecule has 2 amide bonds. The lowest BCUT2D eigenvalue weighted by molar-refractivity contribution is -0.143. The van der Waals surface area contributed by atoms with Crippen molar-refractivity contribution in [3.05, 3.63) is 52.4 Å². The van der Waals surface area contributed by atoms with Gasteiger partial charge in [0.1, 0.15) is 17.7 Å². The monoisotopic (exact) mass is 539 g/mol. The third-order valence-electron chi connectivity index (χ3n) is 6.81. The van der Waals surface area contributed by atoms with Crippen molar-refractivity contribution < 1.29 is 54.0 Å². The molecule has 2 aliphatic heterocycles. The number of alkyl halides is 6. The van der Waals surface area contributed by atoms with E-state index in [1.807, 2.05) is 0 Å². The molecule has 1 aromatic carbocycles. The SMILES string of the molecule is O=C(NC(c1cc(F)c(C(F)(F)F)cc1F)C1COC1)[C@H]1C[C@H]2C[C@H]2N1C(=O)c1cc(C(F)(F)F)no1. The summed E-state index contributed by atoms with van der Waals surface area (Å²) in [6.45, 7) is 0.00769. The van der Waals surface area contributed by atoms with Gasteiger partial charge in [0, 0.05) is 23.6 Å². The summed E-state index contributed by atoms with van der Waals surface area (Å²) in [4.78, 5) is 27.2. The highest BCUT2D eigenvalue weighted by Gasteiger charge is 2.57. The fraction of sp³-hybridized carbons (Fsp3) is 0.500. The van der Waals surface area contributed by atoms with Gasteiger partial charge in [0.15, 0.2) is 5.69 Å². The average Bonchev–Trinajstić information content (AvgIpc) is 3.18. The summed E-state index contributed by atoms with van der Waals surface area (Å²) in [6.07, 6.45) is -9.33. The number of rotatable bonds is 5. The molecule has 3 fully saturated rings. The molecule has 3 aliphatic rings. The van der Waals surface area contributed by atoms with E-state index in [0.717, 1.165) is 4.90 Å². The molecule has 3 heterocycles. The molecule has 1 unspecified atom stereocenters. The van der Waals surface area contributed by atoms with Crippen LogP contribution in [-0.4, -0.2) is 47.2 Å². The Bertz CT molecular complexity index is 1240. The van der Waals surface area contributed by atoms with E-state index >= 15 is 0 Å². The molecule has 2 saturated heterocycles. The topological polar surface area (TPSA) is 84.7 Å². The van der Waals surface area contributed by atoms with Crippen molar-refractivity contribution in [1.29, 1.82) is 0 Å². The van der Waals surface area contributed by atoms with Crippen molar-refractivity contribution in [1.82, 2.24) is 15.4 Å². The molecule has 2 aromatic rings. The van der Waals surface area contributed by atoms with Crippen molar-refractivity contribution in [3.63, 3.8) is 0 Å². The minimum atomic E-state index is -5.14. The van der Waals surface area contributed by atoms with Gasteiger partial charge in [0.25, 0.3) is 5.91 Å². The van der Waals surface area contributed by atoms with Gasteiger partial charge in [-0.05, 0) is 30.9 Å². The number of hydrogen-bond acceptors (Lipinski definition) is 5. The first-order valence-electron chi connectivity index (χ1n) is 11.1. The van der Waals surface area contributed by atoms with Crippen molar-refractivity contribution in [2.45, 2.75) is 43.3 Å². The first-order valence-corrected chi connectivity index (χ1v) is 11.1. The fourth-order valence-corrected chi connectivity index (χ4v) is 4.78. The van der Waals surface area contributed by atoms with Crippen LogP contribution in [0.15, 0.2) is 22.7 Å². The smallest absolute Gasteiger partial charge is 0.381 e. The number of nitrogens with one attached hydrogen (secondary N) is 1. The van der Waals surface area contributed by atoms with Gasteiger partial charge in [-0.15, -0.1) is 0 Å². The van der Waals surface area contributed by atoms with E-state index in [1.165, 1.54) is 0 Å². The first kappa shape index (κ1) is 25.4. The van der Waals surface area contributed by atoms with E-state index in [9.17, 15) is 44.7 Å². The van der Waals surface area contributed by atoms with E-state index < -0.39 is 82.4 Å². The molecule has 5 rings (SSSR count). The number of aromatic nitrogens is 1. The Balaban J connectivity index is 1.39. The number of likely N-dealkylation sites (tertiary alicyclic amines) is 1. The van der Waals surface area contributed by atoms with Gasteiger partial charge >= 0.3 is 12.4 Å². The maximum atomic E-state index is 14.7. The minimum Gasteiger partial charge on any atom is -0.381 e. The summed E-state index contributed by atoms with van der Waals surface area (Å²) < 4.78 is 116. The Labute approximate surface area is 202 Å². The van der Waals surface area contributed by atoms with E-state index in [4.69, 9.17) is 4.74 Å². The number of ether oxygens (including phenoxy) is 1. The Morgan fingerprint density at radius 2 is 1.70 bits per heavy atom. The van der Waals surface area contributed by atoms with E-state index in [0.29, 0.717) is 18.6 Å². The van der Waals surface area contributed by atoms with Gasteiger partial charge in [-0.3, -0.25) is 9.59 Å². The molecule has 1 N–H and O–H groups in total. The first-order chi connectivity index (χ1) is 17.3. The van der Waals surface area contributed by atoms with Gasteiger partial charge < -0.3 is 19.5 Å². The Hall–Kier alpha value is -3.23. The second kappa shape index (κ2) is 8.67. The lowest BCUT2D eigenvalue weighted by Crippen LogP contribution is -2.51. The molecule has 1 saturated carbocycles. The summed E-state index contributed by atoms with van der Waals surface area (Å²) in [5, 5.41) is 5.32. The quantitative estimate of drug-likeness (QED) is 0.579.